The molecular formula is C13H10ClNOS. The molecule has 0 fully saturated rings. The number of benzene rings is 2. The van der Waals surface area contributed by atoms with Crippen LogP contribution in [-0.4, -0.2) is 4.21 Å². The Labute approximate surface area is 107 Å². The van der Waals surface area contributed by atoms with Gasteiger partial charge in [-0.15, -0.1) is 0 Å². The molecule has 1 heterocycles. The van der Waals surface area contributed by atoms with E-state index in [1.165, 1.54) is 0 Å². The average Bonchev–Trinajstić information content (AvgIpc) is 2.44. The van der Waals surface area contributed by atoms with E-state index in [1.807, 2.05) is 36.4 Å². The summed E-state index contributed by atoms with van der Waals surface area (Å²) in [6, 6.07) is 13.3. The van der Waals surface area contributed by atoms with Gasteiger partial charge in [0, 0.05) is 10.7 Å². The molecule has 0 amide bonds. The van der Waals surface area contributed by atoms with Crippen LogP contribution in [0.3, 0.4) is 0 Å². The number of halogens is 1. The van der Waals surface area contributed by atoms with Crippen molar-refractivity contribution in [1.29, 1.82) is 0 Å². The maximum Gasteiger partial charge on any atom is 0.0627 e. The second-order valence-electron chi connectivity index (χ2n) is 3.91. The van der Waals surface area contributed by atoms with E-state index in [2.05, 4.69) is 5.32 Å². The molecule has 2 aromatic rings. The first-order valence-corrected chi connectivity index (χ1v) is 6.96. The van der Waals surface area contributed by atoms with Gasteiger partial charge in [-0.3, -0.25) is 4.21 Å². The monoisotopic (exact) mass is 263 g/mol. The molecule has 0 saturated heterocycles. The molecule has 0 aliphatic carbocycles. The summed E-state index contributed by atoms with van der Waals surface area (Å²) in [6.07, 6.45) is 0. The number of para-hydroxylation sites is 1. The Hall–Kier alpha value is -1.32. The number of hydrogen-bond donors (Lipinski definition) is 1. The SMILES string of the molecule is O=[S@]1Cc2ccccc2Nc2cc(Cl)ccc21. The van der Waals surface area contributed by atoms with Gasteiger partial charge in [0.2, 0.25) is 0 Å². The Kier molecular flexibility index (Phi) is 2.65. The highest BCUT2D eigenvalue weighted by molar-refractivity contribution is 7.84. The van der Waals surface area contributed by atoms with Gasteiger partial charge >= 0.3 is 0 Å². The molecule has 86 valence electrons. The van der Waals surface area contributed by atoms with Gasteiger partial charge < -0.3 is 5.32 Å². The second kappa shape index (κ2) is 4.17. The molecule has 0 spiro atoms. The third kappa shape index (κ3) is 1.96. The van der Waals surface area contributed by atoms with Gasteiger partial charge in [-0.05, 0) is 29.8 Å². The van der Waals surface area contributed by atoms with E-state index >= 15 is 0 Å². The van der Waals surface area contributed by atoms with E-state index < -0.39 is 10.8 Å². The summed E-state index contributed by atoms with van der Waals surface area (Å²) in [5, 5.41) is 3.94. The van der Waals surface area contributed by atoms with Crippen LogP contribution < -0.4 is 5.32 Å². The van der Waals surface area contributed by atoms with Crippen molar-refractivity contribution in [3.8, 4) is 0 Å². The quantitative estimate of drug-likeness (QED) is 0.785. The van der Waals surface area contributed by atoms with E-state index in [0.29, 0.717) is 10.8 Å². The summed E-state index contributed by atoms with van der Waals surface area (Å²) in [6.45, 7) is 0. The summed E-state index contributed by atoms with van der Waals surface area (Å²) in [5.41, 5.74) is 2.90. The summed E-state index contributed by atoms with van der Waals surface area (Å²) < 4.78 is 12.2. The Morgan fingerprint density at radius 3 is 2.82 bits per heavy atom. The molecule has 0 unspecified atom stereocenters. The predicted octanol–water partition coefficient (Wildman–Crippen LogP) is 3.70. The van der Waals surface area contributed by atoms with Gasteiger partial charge in [-0.25, -0.2) is 0 Å². The van der Waals surface area contributed by atoms with Gasteiger partial charge in [-0.1, -0.05) is 29.8 Å². The summed E-state index contributed by atoms with van der Waals surface area (Å²) in [5.74, 6) is 0.539. The van der Waals surface area contributed by atoms with Crippen molar-refractivity contribution in [1.82, 2.24) is 0 Å². The molecule has 1 aliphatic heterocycles. The summed E-state index contributed by atoms with van der Waals surface area (Å²) in [7, 11) is -1.02. The Morgan fingerprint density at radius 1 is 1.12 bits per heavy atom. The van der Waals surface area contributed by atoms with Crippen molar-refractivity contribution in [2.45, 2.75) is 10.6 Å². The molecule has 2 nitrogen and oxygen atoms in total. The Morgan fingerprint density at radius 2 is 1.94 bits per heavy atom. The van der Waals surface area contributed by atoms with Crippen molar-refractivity contribution in [2.75, 3.05) is 5.32 Å². The maximum atomic E-state index is 12.2. The van der Waals surface area contributed by atoms with Crippen LogP contribution in [0.4, 0.5) is 11.4 Å². The molecule has 3 rings (SSSR count). The van der Waals surface area contributed by atoms with Crippen LogP contribution >= 0.6 is 11.6 Å². The van der Waals surface area contributed by atoms with E-state index in [0.717, 1.165) is 21.8 Å². The minimum absolute atomic E-state index is 0.539. The van der Waals surface area contributed by atoms with Crippen molar-refractivity contribution < 1.29 is 4.21 Å². The van der Waals surface area contributed by atoms with E-state index in [4.69, 9.17) is 11.6 Å². The minimum atomic E-state index is -1.02. The van der Waals surface area contributed by atoms with Gasteiger partial charge in [0.15, 0.2) is 0 Å². The van der Waals surface area contributed by atoms with Crippen LogP contribution in [-0.2, 0) is 16.6 Å². The molecule has 17 heavy (non-hydrogen) atoms. The van der Waals surface area contributed by atoms with Crippen LogP contribution in [0.25, 0.3) is 0 Å². The fourth-order valence-corrected chi connectivity index (χ4v) is 3.37. The molecule has 1 N–H and O–H groups in total. The molecule has 1 atom stereocenters. The molecule has 2 aromatic carbocycles. The molecule has 0 aromatic heterocycles. The highest BCUT2D eigenvalue weighted by Crippen LogP contribution is 2.33. The van der Waals surface area contributed by atoms with Gasteiger partial charge in [0.05, 0.1) is 27.1 Å². The van der Waals surface area contributed by atoms with Crippen LogP contribution in [0.15, 0.2) is 47.4 Å². The Bertz CT molecular complexity index is 612. The first-order chi connectivity index (χ1) is 8.24. The van der Waals surface area contributed by atoms with Gasteiger partial charge in [0.1, 0.15) is 0 Å². The zero-order valence-electron chi connectivity index (χ0n) is 8.94. The minimum Gasteiger partial charge on any atom is -0.354 e. The number of anilines is 2. The van der Waals surface area contributed by atoms with Crippen molar-refractivity contribution in [3.05, 3.63) is 53.1 Å². The number of nitrogens with one attached hydrogen (secondary N) is 1. The highest BCUT2D eigenvalue weighted by Gasteiger charge is 2.17. The lowest BCUT2D eigenvalue weighted by atomic mass is 10.2. The fourth-order valence-electron chi connectivity index (χ4n) is 1.93. The summed E-state index contributed by atoms with van der Waals surface area (Å²) >= 11 is 5.97. The van der Waals surface area contributed by atoms with Gasteiger partial charge in [-0.2, -0.15) is 0 Å². The maximum absolute atomic E-state index is 12.2. The number of hydrogen-bond acceptors (Lipinski definition) is 2. The van der Waals surface area contributed by atoms with Crippen LogP contribution in [0.2, 0.25) is 5.02 Å². The molecular weight excluding hydrogens is 254 g/mol. The normalized spacial score (nSPS) is 17.6. The van der Waals surface area contributed by atoms with E-state index in [9.17, 15) is 4.21 Å². The Balaban J connectivity index is 2.18. The van der Waals surface area contributed by atoms with E-state index in [-0.39, 0.29) is 0 Å². The topological polar surface area (TPSA) is 29.1 Å². The van der Waals surface area contributed by atoms with Crippen molar-refractivity contribution in [3.63, 3.8) is 0 Å². The molecule has 1 aliphatic rings. The lowest BCUT2D eigenvalue weighted by Crippen LogP contribution is -1.94. The van der Waals surface area contributed by atoms with Crippen LogP contribution in [0, 0.1) is 0 Å². The lowest BCUT2D eigenvalue weighted by Gasteiger charge is -2.08. The average molecular weight is 264 g/mol. The van der Waals surface area contributed by atoms with E-state index in [1.54, 1.807) is 6.07 Å². The molecule has 0 radical (unpaired) electrons. The third-order valence-corrected chi connectivity index (χ3v) is 4.42. The first kappa shape index (κ1) is 10.8. The fraction of sp³-hybridized carbons (Fsp3) is 0.0769. The zero-order chi connectivity index (χ0) is 11.8. The summed E-state index contributed by atoms with van der Waals surface area (Å²) in [4.78, 5) is 0.811. The van der Waals surface area contributed by atoms with Crippen LogP contribution in [0.5, 0.6) is 0 Å². The molecule has 0 bridgehead atoms. The van der Waals surface area contributed by atoms with Gasteiger partial charge in [0.25, 0.3) is 0 Å². The highest BCUT2D eigenvalue weighted by atomic mass is 35.5. The first-order valence-electron chi connectivity index (χ1n) is 5.27. The lowest BCUT2D eigenvalue weighted by molar-refractivity contribution is 0.683. The third-order valence-electron chi connectivity index (χ3n) is 2.76. The molecule has 0 saturated carbocycles. The van der Waals surface area contributed by atoms with Crippen LogP contribution in [0.1, 0.15) is 5.56 Å². The molecule has 4 heteroatoms. The number of fused-ring (bicyclic) bond motifs is 2. The second-order valence-corrected chi connectivity index (χ2v) is 5.77. The number of rotatable bonds is 0. The zero-order valence-corrected chi connectivity index (χ0v) is 10.5. The smallest absolute Gasteiger partial charge is 0.0627 e. The van der Waals surface area contributed by atoms with Crippen molar-refractivity contribution in [2.24, 2.45) is 0 Å². The predicted molar refractivity (Wildman–Crippen MR) is 71.3 cm³/mol. The standard InChI is InChI=1S/C13H10ClNOS/c14-10-5-6-13-12(7-10)15-11-4-2-1-3-9(11)8-17(13)16/h1-7,15H,8H2/t17-/m0/s1. The largest absolute Gasteiger partial charge is 0.354 e. The van der Waals surface area contributed by atoms with Crippen molar-refractivity contribution >= 4 is 33.8 Å².